The normalized spacial score (nSPS) is 14.9. The quantitative estimate of drug-likeness (QED) is 0.181. The Hall–Kier alpha value is -0.0400. The molecular formula is C27H56O. The molecule has 3 unspecified atom stereocenters. The lowest BCUT2D eigenvalue weighted by molar-refractivity contribution is 0.206. The van der Waals surface area contributed by atoms with Crippen molar-refractivity contribution in [3.63, 3.8) is 0 Å². The zero-order valence-electron chi connectivity index (χ0n) is 20.3. The minimum Gasteiger partial charge on any atom is -0.396 e. The molecule has 0 aliphatic heterocycles. The molecule has 0 aromatic carbocycles. The number of aliphatic hydroxyl groups excluding tert-OH is 1. The fourth-order valence-electron chi connectivity index (χ4n) is 4.70. The molecule has 0 rings (SSSR count). The second kappa shape index (κ2) is 21.7. The van der Waals surface area contributed by atoms with Gasteiger partial charge in [0, 0.05) is 6.61 Å². The molecule has 0 fully saturated rings. The highest BCUT2D eigenvalue weighted by Crippen LogP contribution is 2.23. The van der Waals surface area contributed by atoms with E-state index >= 15 is 0 Å². The third kappa shape index (κ3) is 20.7. The third-order valence-corrected chi connectivity index (χ3v) is 6.47. The first kappa shape index (κ1) is 28.0. The SMILES string of the molecule is CCCCCCCCCCCCCCCCCCC(C)CC(C)CC(C)CO. The zero-order valence-corrected chi connectivity index (χ0v) is 20.3. The summed E-state index contributed by atoms with van der Waals surface area (Å²) < 4.78 is 0. The van der Waals surface area contributed by atoms with E-state index in [0.717, 1.165) is 11.8 Å². The molecular weight excluding hydrogens is 340 g/mol. The van der Waals surface area contributed by atoms with E-state index in [1.807, 2.05) is 0 Å². The molecule has 1 nitrogen and oxygen atoms in total. The van der Waals surface area contributed by atoms with Crippen LogP contribution in [0.4, 0.5) is 0 Å². The third-order valence-electron chi connectivity index (χ3n) is 6.47. The molecule has 0 saturated heterocycles. The highest BCUT2D eigenvalue weighted by Gasteiger charge is 2.11. The summed E-state index contributed by atoms with van der Waals surface area (Å²) in [6.07, 6.45) is 27.2. The maximum Gasteiger partial charge on any atom is 0.0456 e. The first-order valence-corrected chi connectivity index (χ1v) is 13.2. The van der Waals surface area contributed by atoms with Gasteiger partial charge in [-0.2, -0.15) is 0 Å². The summed E-state index contributed by atoms with van der Waals surface area (Å²) in [4.78, 5) is 0. The first-order chi connectivity index (χ1) is 13.6. The maximum atomic E-state index is 9.18. The van der Waals surface area contributed by atoms with Crippen molar-refractivity contribution in [2.24, 2.45) is 17.8 Å². The summed E-state index contributed by atoms with van der Waals surface area (Å²) in [5.74, 6) is 2.09. The van der Waals surface area contributed by atoms with Crippen LogP contribution >= 0.6 is 0 Å². The fraction of sp³-hybridized carbons (Fsp3) is 1.00. The van der Waals surface area contributed by atoms with Crippen molar-refractivity contribution in [1.29, 1.82) is 0 Å². The molecule has 0 aromatic heterocycles. The number of hydrogen-bond acceptors (Lipinski definition) is 1. The number of aliphatic hydroxyl groups is 1. The van der Waals surface area contributed by atoms with Crippen molar-refractivity contribution >= 4 is 0 Å². The van der Waals surface area contributed by atoms with Gasteiger partial charge in [0.05, 0.1) is 0 Å². The van der Waals surface area contributed by atoms with Crippen LogP contribution in [0.1, 0.15) is 150 Å². The van der Waals surface area contributed by atoms with E-state index < -0.39 is 0 Å². The van der Waals surface area contributed by atoms with Gasteiger partial charge in [-0.1, -0.05) is 137 Å². The van der Waals surface area contributed by atoms with Gasteiger partial charge in [-0.15, -0.1) is 0 Å². The Kier molecular flexibility index (Phi) is 21.6. The molecule has 0 aliphatic rings. The Bertz CT molecular complexity index is 288. The van der Waals surface area contributed by atoms with Crippen LogP contribution < -0.4 is 0 Å². The molecule has 28 heavy (non-hydrogen) atoms. The van der Waals surface area contributed by atoms with E-state index in [2.05, 4.69) is 27.7 Å². The van der Waals surface area contributed by atoms with E-state index in [1.54, 1.807) is 0 Å². The predicted octanol–water partition coefficient (Wildman–Crippen LogP) is 9.32. The Labute approximate surface area is 179 Å². The molecule has 0 saturated carbocycles. The molecule has 0 aliphatic carbocycles. The Morgan fingerprint density at radius 2 is 0.821 bits per heavy atom. The average Bonchev–Trinajstić information content (AvgIpc) is 2.67. The molecule has 170 valence electrons. The minimum atomic E-state index is 0.345. The van der Waals surface area contributed by atoms with Crippen LogP contribution in [0.5, 0.6) is 0 Å². The van der Waals surface area contributed by atoms with Crippen molar-refractivity contribution in [1.82, 2.24) is 0 Å². The lowest BCUT2D eigenvalue weighted by Gasteiger charge is -2.19. The van der Waals surface area contributed by atoms with Crippen molar-refractivity contribution in [2.75, 3.05) is 6.61 Å². The van der Waals surface area contributed by atoms with Gasteiger partial charge in [-0.3, -0.25) is 0 Å². The van der Waals surface area contributed by atoms with Crippen molar-refractivity contribution in [2.45, 2.75) is 150 Å². The van der Waals surface area contributed by atoms with Gasteiger partial charge in [-0.25, -0.2) is 0 Å². The molecule has 0 heterocycles. The van der Waals surface area contributed by atoms with Crippen LogP contribution in [0.3, 0.4) is 0 Å². The van der Waals surface area contributed by atoms with E-state index in [0.29, 0.717) is 12.5 Å². The van der Waals surface area contributed by atoms with Crippen LogP contribution in [-0.4, -0.2) is 11.7 Å². The Morgan fingerprint density at radius 3 is 1.21 bits per heavy atom. The summed E-state index contributed by atoms with van der Waals surface area (Å²) in [7, 11) is 0. The second-order valence-electron chi connectivity index (χ2n) is 10.1. The van der Waals surface area contributed by atoms with Crippen molar-refractivity contribution < 1.29 is 5.11 Å². The van der Waals surface area contributed by atoms with Crippen molar-refractivity contribution in [3.05, 3.63) is 0 Å². The molecule has 0 radical (unpaired) electrons. The lowest BCUT2D eigenvalue weighted by Crippen LogP contribution is -2.10. The van der Waals surface area contributed by atoms with Crippen LogP contribution in [0.15, 0.2) is 0 Å². The highest BCUT2D eigenvalue weighted by molar-refractivity contribution is 4.63. The first-order valence-electron chi connectivity index (χ1n) is 13.2. The van der Waals surface area contributed by atoms with Gasteiger partial charge in [0.15, 0.2) is 0 Å². The highest BCUT2D eigenvalue weighted by atomic mass is 16.3. The van der Waals surface area contributed by atoms with E-state index in [9.17, 15) is 5.11 Å². The van der Waals surface area contributed by atoms with Gasteiger partial charge in [0.2, 0.25) is 0 Å². The molecule has 3 atom stereocenters. The van der Waals surface area contributed by atoms with E-state index in [1.165, 1.54) is 122 Å². The average molecular weight is 397 g/mol. The van der Waals surface area contributed by atoms with Crippen LogP contribution in [0.25, 0.3) is 0 Å². The Morgan fingerprint density at radius 1 is 0.464 bits per heavy atom. The summed E-state index contributed by atoms with van der Waals surface area (Å²) in [5.41, 5.74) is 0. The lowest BCUT2D eigenvalue weighted by atomic mass is 9.87. The van der Waals surface area contributed by atoms with E-state index in [4.69, 9.17) is 0 Å². The zero-order chi connectivity index (χ0) is 20.9. The smallest absolute Gasteiger partial charge is 0.0456 e. The molecule has 0 aromatic rings. The molecule has 1 N–H and O–H groups in total. The monoisotopic (exact) mass is 396 g/mol. The van der Waals surface area contributed by atoms with Gasteiger partial charge >= 0.3 is 0 Å². The second-order valence-corrected chi connectivity index (χ2v) is 10.1. The number of rotatable bonds is 22. The van der Waals surface area contributed by atoms with Crippen LogP contribution in [0.2, 0.25) is 0 Å². The standard InChI is InChI=1S/C27H56O/c1-5-6-7-8-9-10-11-12-13-14-15-16-17-18-19-20-21-25(2)22-26(3)23-27(4)24-28/h25-28H,5-24H2,1-4H3. The summed E-state index contributed by atoms with van der Waals surface area (Å²) in [6.45, 7) is 9.58. The molecule has 0 bridgehead atoms. The van der Waals surface area contributed by atoms with Crippen LogP contribution in [0, 0.1) is 17.8 Å². The van der Waals surface area contributed by atoms with Gasteiger partial charge in [0.1, 0.15) is 0 Å². The largest absolute Gasteiger partial charge is 0.396 e. The topological polar surface area (TPSA) is 20.2 Å². The van der Waals surface area contributed by atoms with Crippen molar-refractivity contribution in [3.8, 4) is 0 Å². The summed E-state index contributed by atoms with van der Waals surface area (Å²) in [6, 6.07) is 0. The van der Waals surface area contributed by atoms with Crippen LogP contribution in [-0.2, 0) is 0 Å². The van der Waals surface area contributed by atoms with Gasteiger partial charge < -0.3 is 5.11 Å². The number of hydrogen-bond donors (Lipinski definition) is 1. The van der Waals surface area contributed by atoms with Gasteiger partial charge in [0.25, 0.3) is 0 Å². The number of unbranched alkanes of at least 4 members (excludes halogenated alkanes) is 15. The summed E-state index contributed by atoms with van der Waals surface area (Å²) in [5, 5.41) is 9.18. The molecule has 1 heteroatoms. The fourth-order valence-corrected chi connectivity index (χ4v) is 4.70. The minimum absolute atomic E-state index is 0.345. The van der Waals surface area contributed by atoms with E-state index in [-0.39, 0.29) is 0 Å². The maximum absolute atomic E-state index is 9.18. The molecule has 0 amide bonds. The Balaban J connectivity index is 3.23. The molecule has 0 spiro atoms. The predicted molar refractivity (Wildman–Crippen MR) is 128 cm³/mol. The van der Waals surface area contributed by atoms with Gasteiger partial charge in [-0.05, 0) is 30.6 Å². The summed E-state index contributed by atoms with van der Waals surface area (Å²) >= 11 is 0.